The monoisotopic (exact) mass is 332 g/mol. The summed E-state index contributed by atoms with van der Waals surface area (Å²) < 4.78 is 1.04. The number of rotatable bonds is 4. The first-order valence-corrected chi connectivity index (χ1v) is 7.31. The Labute approximate surface area is 127 Å². The zero-order valence-electron chi connectivity index (χ0n) is 11.6. The van der Waals surface area contributed by atoms with Crippen LogP contribution in [-0.2, 0) is 4.79 Å². The van der Waals surface area contributed by atoms with E-state index in [1.54, 1.807) is 6.20 Å². The lowest BCUT2D eigenvalue weighted by atomic mass is 9.99. The Morgan fingerprint density at radius 1 is 1.40 bits per heavy atom. The van der Waals surface area contributed by atoms with Crippen molar-refractivity contribution in [1.29, 1.82) is 0 Å². The molecule has 0 spiro atoms. The number of hydrogen-bond acceptors (Lipinski definition) is 2. The molecule has 0 aliphatic heterocycles. The molecule has 4 heteroatoms. The second-order valence-corrected chi connectivity index (χ2v) is 5.76. The largest absolute Gasteiger partial charge is 0.326 e. The molecule has 0 aliphatic carbocycles. The maximum atomic E-state index is 12.0. The second kappa shape index (κ2) is 6.66. The van der Waals surface area contributed by atoms with E-state index in [2.05, 4.69) is 26.2 Å². The first kappa shape index (κ1) is 14.7. The van der Waals surface area contributed by atoms with Gasteiger partial charge in [-0.05, 0) is 48.2 Å². The molecule has 1 aromatic heterocycles. The van der Waals surface area contributed by atoms with Crippen molar-refractivity contribution in [3.05, 3.63) is 58.3 Å². The molecular formula is C16H17BrN2O. The number of aromatic nitrogens is 1. The van der Waals surface area contributed by atoms with Crippen LogP contribution < -0.4 is 5.32 Å². The third-order valence-corrected chi connectivity index (χ3v) is 4.08. The zero-order valence-corrected chi connectivity index (χ0v) is 13.1. The lowest BCUT2D eigenvalue weighted by molar-refractivity contribution is -0.116. The van der Waals surface area contributed by atoms with E-state index >= 15 is 0 Å². The van der Waals surface area contributed by atoms with Gasteiger partial charge in [-0.3, -0.25) is 9.78 Å². The van der Waals surface area contributed by atoms with Crippen molar-refractivity contribution in [3.8, 4) is 0 Å². The fraction of sp³-hybridized carbons (Fsp3) is 0.250. The number of nitrogens with one attached hydrogen (secondary N) is 1. The summed E-state index contributed by atoms with van der Waals surface area (Å²) in [7, 11) is 0. The lowest BCUT2D eigenvalue weighted by Gasteiger charge is -2.12. The van der Waals surface area contributed by atoms with Crippen LogP contribution in [0.2, 0.25) is 0 Å². The number of halogens is 1. The molecule has 0 radical (unpaired) electrons. The number of benzene rings is 1. The summed E-state index contributed by atoms with van der Waals surface area (Å²) in [5.41, 5.74) is 3.01. The topological polar surface area (TPSA) is 42.0 Å². The Morgan fingerprint density at radius 3 is 2.85 bits per heavy atom. The van der Waals surface area contributed by atoms with E-state index in [0.29, 0.717) is 6.42 Å². The number of amides is 1. The Hall–Kier alpha value is -1.68. The summed E-state index contributed by atoms with van der Waals surface area (Å²) in [4.78, 5) is 16.1. The van der Waals surface area contributed by atoms with E-state index in [1.807, 2.05) is 50.4 Å². The smallest absolute Gasteiger partial charge is 0.224 e. The number of anilines is 1. The summed E-state index contributed by atoms with van der Waals surface area (Å²) in [6, 6.07) is 9.67. The summed E-state index contributed by atoms with van der Waals surface area (Å²) in [6.07, 6.45) is 3.99. The summed E-state index contributed by atoms with van der Waals surface area (Å²) in [6.45, 7) is 4.03. The molecule has 1 aromatic carbocycles. The fourth-order valence-corrected chi connectivity index (χ4v) is 2.24. The van der Waals surface area contributed by atoms with E-state index in [4.69, 9.17) is 0 Å². The molecule has 0 aliphatic rings. The summed E-state index contributed by atoms with van der Waals surface area (Å²) in [5, 5.41) is 2.93. The molecule has 0 saturated heterocycles. The molecule has 1 atom stereocenters. The van der Waals surface area contributed by atoms with Gasteiger partial charge < -0.3 is 5.32 Å². The van der Waals surface area contributed by atoms with E-state index in [9.17, 15) is 4.79 Å². The van der Waals surface area contributed by atoms with Gasteiger partial charge in [0, 0.05) is 29.0 Å². The van der Waals surface area contributed by atoms with Gasteiger partial charge in [-0.15, -0.1) is 0 Å². The van der Waals surface area contributed by atoms with Crippen molar-refractivity contribution in [3.63, 3.8) is 0 Å². The third kappa shape index (κ3) is 3.90. The van der Waals surface area contributed by atoms with Crippen LogP contribution in [0, 0.1) is 6.92 Å². The number of nitrogens with zero attached hydrogens (tertiary/aromatic N) is 1. The first-order chi connectivity index (χ1) is 9.56. The van der Waals surface area contributed by atoms with E-state index < -0.39 is 0 Å². The van der Waals surface area contributed by atoms with Gasteiger partial charge in [0.05, 0.1) is 0 Å². The predicted octanol–water partition coefficient (Wildman–Crippen LogP) is 4.28. The molecular weight excluding hydrogens is 316 g/mol. The Morgan fingerprint density at radius 2 is 2.20 bits per heavy atom. The van der Waals surface area contributed by atoms with Crippen LogP contribution in [0.4, 0.5) is 5.69 Å². The number of carbonyl (C=O) groups is 1. The lowest BCUT2D eigenvalue weighted by Crippen LogP contribution is -2.14. The highest BCUT2D eigenvalue weighted by molar-refractivity contribution is 9.10. The van der Waals surface area contributed by atoms with Crippen molar-refractivity contribution in [1.82, 2.24) is 4.98 Å². The first-order valence-electron chi connectivity index (χ1n) is 6.52. The predicted molar refractivity (Wildman–Crippen MR) is 84.8 cm³/mol. The van der Waals surface area contributed by atoms with Crippen LogP contribution in [-0.4, -0.2) is 10.9 Å². The van der Waals surface area contributed by atoms with Crippen LogP contribution in [0.5, 0.6) is 0 Å². The maximum absolute atomic E-state index is 12.0. The van der Waals surface area contributed by atoms with Crippen molar-refractivity contribution < 1.29 is 4.79 Å². The molecule has 0 fully saturated rings. The number of aryl methyl sites for hydroxylation is 1. The van der Waals surface area contributed by atoms with Crippen molar-refractivity contribution >= 4 is 27.5 Å². The minimum Gasteiger partial charge on any atom is -0.326 e. The Bertz CT molecular complexity index is 599. The highest BCUT2D eigenvalue weighted by Crippen LogP contribution is 2.22. The highest BCUT2D eigenvalue weighted by atomic mass is 79.9. The van der Waals surface area contributed by atoms with Crippen molar-refractivity contribution in [2.24, 2.45) is 0 Å². The standard InChI is InChI=1S/C16H17BrN2O/c1-11(13-4-3-7-18-10-13)9-16(20)19-14-5-6-15(17)12(2)8-14/h3-8,10-11H,9H2,1-2H3,(H,19,20). The Balaban J connectivity index is 1.97. The van der Waals surface area contributed by atoms with Gasteiger partial charge in [-0.2, -0.15) is 0 Å². The molecule has 1 heterocycles. The van der Waals surface area contributed by atoms with Gasteiger partial charge in [0.25, 0.3) is 0 Å². The molecule has 3 nitrogen and oxygen atoms in total. The van der Waals surface area contributed by atoms with Crippen LogP contribution in [0.1, 0.15) is 30.4 Å². The summed E-state index contributed by atoms with van der Waals surface area (Å²) in [5.74, 6) is 0.170. The van der Waals surface area contributed by atoms with Gasteiger partial charge in [0.1, 0.15) is 0 Å². The Kier molecular flexibility index (Phi) is 4.90. The molecule has 2 aromatic rings. The molecule has 20 heavy (non-hydrogen) atoms. The van der Waals surface area contributed by atoms with Crippen LogP contribution >= 0.6 is 15.9 Å². The zero-order chi connectivity index (χ0) is 14.5. The number of pyridine rings is 1. The van der Waals surface area contributed by atoms with E-state index in [1.165, 1.54) is 0 Å². The molecule has 104 valence electrons. The molecule has 0 saturated carbocycles. The van der Waals surface area contributed by atoms with Crippen LogP contribution in [0.15, 0.2) is 47.2 Å². The van der Waals surface area contributed by atoms with Crippen molar-refractivity contribution in [2.45, 2.75) is 26.2 Å². The normalized spacial score (nSPS) is 11.9. The average Bonchev–Trinajstić information content (AvgIpc) is 2.44. The summed E-state index contributed by atoms with van der Waals surface area (Å²) >= 11 is 3.45. The molecule has 1 unspecified atom stereocenters. The quantitative estimate of drug-likeness (QED) is 0.907. The van der Waals surface area contributed by atoms with Gasteiger partial charge in [0.15, 0.2) is 0 Å². The van der Waals surface area contributed by atoms with Crippen LogP contribution in [0.25, 0.3) is 0 Å². The number of carbonyl (C=O) groups excluding carboxylic acids is 1. The highest BCUT2D eigenvalue weighted by Gasteiger charge is 2.11. The van der Waals surface area contributed by atoms with Gasteiger partial charge in [0.2, 0.25) is 5.91 Å². The average molecular weight is 333 g/mol. The minimum atomic E-state index is 0.0167. The van der Waals surface area contributed by atoms with Gasteiger partial charge in [-0.25, -0.2) is 0 Å². The maximum Gasteiger partial charge on any atom is 0.224 e. The van der Waals surface area contributed by atoms with Crippen molar-refractivity contribution in [2.75, 3.05) is 5.32 Å². The third-order valence-electron chi connectivity index (χ3n) is 3.19. The molecule has 0 bridgehead atoms. The van der Waals surface area contributed by atoms with E-state index in [0.717, 1.165) is 21.3 Å². The second-order valence-electron chi connectivity index (χ2n) is 4.90. The van der Waals surface area contributed by atoms with E-state index in [-0.39, 0.29) is 11.8 Å². The SMILES string of the molecule is Cc1cc(NC(=O)CC(C)c2cccnc2)ccc1Br. The molecule has 1 amide bonds. The minimum absolute atomic E-state index is 0.0167. The molecule has 1 N–H and O–H groups in total. The number of hydrogen-bond donors (Lipinski definition) is 1. The van der Waals surface area contributed by atoms with Gasteiger partial charge in [-0.1, -0.05) is 28.9 Å². The van der Waals surface area contributed by atoms with Gasteiger partial charge >= 0.3 is 0 Å². The van der Waals surface area contributed by atoms with Crippen LogP contribution in [0.3, 0.4) is 0 Å². The molecule has 2 rings (SSSR count). The fourth-order valence-electron chi connectivity index (χ4n) is 2.00.